The molecule has 5 heavy (non-hydrogen) atoms. The molecule has 0 aromatic rings. The Labute approximate surface area is 32.4 Å². The van der Waals surface area contributed by atoms with Crippen LogP contribution in [-0.2, 0) is 0 Å². The quantitative estimate of drug-likeness (QED) is 0.440. The summed E-state index contributed by atoms with van der Waals surface area (Å²) in [5.41, 5.74) is 0. The summed E-state index contributed by atoms with van der Waals surface area (Å²) >= 11 is 0. The van der Waals surface area contributed by atoms with Crippen LogP contribution in [0.5, 0.6) is 0 Å². The summed E-state index contributed by atoms with van der Waals surface area (Å²) in [7, 11) is 4.98. The number of rotatable bonds is 1. The molecule has 0 unspecified atom stereocenters. The molecule has 0 atom stereocenters. The highest BCUT2D eigenvalue weighted by atomic mass is 14.9. The highest BCUT2D eigenvalue weighted by molar-refractivity contribution is 4.79. The van der Waals surface area contributed by atoms with Gasteiger partial charge in [-0.25, -0.2) is 0 Å². The second-order valence-corrected chi connectivity index (χ2v) is 1.44. The third kappa shape index (κ3) is 0.618. The van der Waals surface area contributed by atoms with E-state index in [2.05, 4.69) is 5.32 Å². The van der Waals surface area contributed by atoms with E-state index in [9.17, 15) is 0 Å². The second-order valence-electron chi connectivity index (χ2n) is 1.44. The monoisotopic (exact) mass is 69.1 g/mol. The maximum Gasteiger partial charge on any atom is 0.0409 e. The molecule has 0 bridgehead atoms. The Morgan fingerprint density at radius 1 is 1.60 bits per heavy atom. The normalized spacial score (nSPS) is 23.4. The van der Waals surface area contributed by atoms with Crippen LogP contribution in [0, 0.1) is 7.05 Å². The molecule has 2 radical (unpaired) electrons. The fourth-order valence-electron chi connectivity index (χ4n) is 0.250. The van der Waals surface area contributed by atoms with E-state index in [4.69, 9.17) is 7.05 Å². The lowest BCUT2D eigenvalue weighted by molar-refractivity contribution is 0.859. The minimum Gasteiger partial charge on any atom is -0.308 e. The van der Waals surface area contributed by atoms with Crippen LogP contribution >= 0.6 is 0 Å². The molecular formula is C4H7N. The van der Waals surface area contributed by atoms with Crippen molar-refractivity contribution in [3.8, 4) is 0 Å². The van der Waals surface area contributed by atoms with Crippen molar-refractivity contribution in [3.63, 3.8) is 0 Å². The van der Waals surface area contributed by atoms with Crippen molar-refractivity contribution in [1.82, 2.24) is 5.32 Å². The zero-order chi connectivity index (χ0) is 3.70. The van der Waals surface area contributed by atoms with E-state index in [0.717, 1.165) is 0 Å². The molecule has 28 valence electrons. The van der Waals surface area contributed by atoms with Crippen LogP contribution in [0.3, 0.4) is 0 Å². The third-order valence-corrected chi connectivity index (χ3v) is 0.813. The van der Waals surface area contributed by atoms with Gasteiger partial charge in [-0.3, -0.25) is 0 Å². The zero-order valence-electron chi connectivity index (χ0n) is 3.07. The van der Waals surface area contributed by atoms with Crippen molar-refractivity contribution in [2.45, 2.75) is 18.9 Å². The fourth-order valence-corrected chi connectivity index (χ4v) is 0.250. The summed E-state index contributed by atoms with van der Waals surface area (Å²) in [6, 6.07) is 0.662. The van der Waals surface area contributed by atoms with Crippen molar-refractivity contribution in [3.05, 3.63) is 7.05 Å². The molecule has 0 heterocycles. The SMILES string of the molecule is [CH]NC1CC1. The molecule has 0 aliphatic heterocycles. The highest BCUT2D eigenvalue weighted by Crippen LogP contribution is 2.17. The van der Waals surface area contributed by atoms with Crippen LogP contribution in [0.15, 0.2) is 0 Å². The second kappa shape index (κ2) is 0.977. The van der Waals surface area contributed by atoms with Gasteiger partial charge >= 0.3 is 0 Å². The minimum absolute atomic E-state index is 0.662. The van der Waals surface area contributed by atoms with Crippen LogP contribution in [-0.4, -0.2) is 6.04 Å². The summed E-state index contributed by atoms with van der Waals surface area (Å²) in [6.45, 7) is 0. The van der Waals surface area contributed by atoms with E-state index in [0.29, 0.717) is 6.04 Å². The van der Waals surface area contributed by atoms with Gasteiger partial charge in [0.05, 0.1) is 0 Å². The van der Waals surface area contributed by atoms with E-state index < -0.39 is 0 Å². The lowest BCUT2D eigenvalue weighted by Crippen LogP contribution is -2.02. The molecule has 0 spiro atoms. The van der Waals surface area contributed by atoms with Crippen LogP contribution in [0.4, 0.5) is 0 Å². The molecule has 0 saturated heterocycles. The van der Waals surface area contributed by atoms with Crippen molar-refractivity contribution in [2.75, 3.05) is 0 Å². The number of hydrogen-bond acceptors (Lipinski definition) is 1. The first-order valence-electron chi connectivity index (χ1n) is 1.89. The van der Waals surface area contributed by atoms with Gasteiger partial charge in [0.2, 0.25) is 0 Å². The standard InChI is InChI=1S/C4H7N/c1-5-4-2-3-4/h1,4-5H,2-3H2. The predicted molar refractivity (Wildman–Crippen MR) is 20.5 cm³/mol. The lowest BCUT2D eigenvalue weighted by atomic mass is 10.7. The Kier molecular flexibility index (Phi) is 0.618. The highest BCUT2D eigenvalue weighted by Gasteiger charge is 2.17. The molecule has 1 rings (SSSR count). The maximum absolute atomic E-state index is 4.98. The van der Waals surface area contributed by atoms with E-state index >= 15 is 0 Å². The molecule has 1 heteroatoms. The maximum atomic E-state index is 4.98. The minimum atomic E-state index is 0.662. The van der Waals surface area contributed by atoms with Crippen molar-refractivity contribution >= 4 is 0 Å². The Morgan fingerprint density at radius 2 is 2.20 bits per heavy atom. The van der Waals surface area contributed by atoms with Gasteiger partial charge < -0.3 is 5.32 Å². The largest absolute Gasteiger partial charge is 0.308 e. The average molecular weight is 69.1 g/mol. The first-order valence-corrected chi connectivity index (χ1v) is 1.89. The first kappa shape index (κ1) is 3.16. The van der Waals surface area contributed by atoms with Gasteiger partial charge in [-0.15, -0.1) is 0 Å². The summed E-state index contributed by atoms with van der Waals surface area (Å²) in [5.74, 6) is 0. The molecular weight excluding hydrogens is 62.1 g/mol. The van der Waals surface area contributed by atoms with Gasteiger partial charge in [0.1, 0.15) is 0 Å². The van der Waals surface area contributed by atoms with Crippen molar-refractivity contribution < 1.29 is 0 Å². The molecule has 0 amide bonds. The summed E-state index contributed by atoms with van der Waals surface area (Å²) in [4.78, 5) is 0. The molecule has 1 aliphatic rings. The van der Waals surface area contributed by atoms with E-state index in [1.165, 1.54) is 12.8 Å². The van der Waals surface area contributed by atoms with Gasteiger partial charge in [-0.2, -0.15) is 0 Å². The van der Waals surface area contributed by atoms with Gasteiger partial charge in [0, 0.05) is 13.1 Å². The summed E-state index contributed by atoms with van der Waals surface area (Å²) in [6.07, 6.45) is 2.55. The van der Waals surface area contributed by atoms with Crippen LogP contribution < -0.4 is 5.32 Å². The van der Waals surface area contributed by atoms with Gasteiger partial charge in [0.25, 0.3) is 0 Å². The Balaban J connectivity index is 2.00. The molecule has 1 nitrogen and oxygen atoms in total. The van der Waals surface area contributed by atoms with Crippen molar-refractivity contribution in [1.29, 1.82) is 0 Å². The lowest BCUT2D eigenvalue weighted by Gasteiger charge is -1.79. The van der Waals surface area contributed by atoms with Crippen molar-refractivity contribution in [2.24, 2.45) is 0 Å². The smallest absolute Gasteiger partial charge is 0.0409 e. The Morgan fingerprint density at radius 3 is 2.20 bits per heavy atom. The molecule has 0 aromatic heterocycles. The fraction of sp³-hybridized carbons (Fsp3) is 0.750. The third-order valence-electron chi connectivity index (χ3n) is 0.813. The van der Waals surface area contributed by atoms with E-state index in [1.807, 2.05) is 0 Å². The molecule has 0 aromatic carbocycles. The van der Waals surface area contributed by atoms with Crippen LogP contribution in [0.2, 0.25) is 0 Å². The van der Waals surface area contributed by atoms with Gasteiger partial charge in [-0.05, 0) is 12.8 Å². The molecule has 1 fully saturated rings. The average Bonchev–Trinajstić information content (AvgIpc) is 2.12. The zero-order valence-corrected chi connectivity index (χ0v) is 3.07. The van der Waals surface area contributed by atoms with Crippen LogP contribution in [0.1, 0.15) is 12.8 Å². The van der Waals surface area contributed by atoms with E-state index in [1.54, 1.807) is 0 Å². The van der Waals surface area contributed by atoms with Crippen LogP contribution in [0.25, 0.3) is 0 Å². The topological polar surface area (TPSA) is 12.0 Å². The summed E-state index contributed by atoms with van der Waals surface area (Å²) < 4.78 is 0. The first-order chi connectivity index (χ1) is 2.43. The summed E-state index contributed by atoms with van der Waals surface area (Å²) in [5, 5.41) is 2.64. The van der Waals surface area contributed by atoms with Gasteiger partial charge in [0.15, 0.2) is 0 Å². The number of hydrogen-bond donors (Lipinski definition) is 1. The Bertz CT molecular complexity index is 30.6. The predicted octanol–water partition coefficient (Wildman–Crippen LogP) is 0.407. The van der Waals surface area contributed by atoms with Gasteiger partial charge in [-0.1, -0.05) is 0 Å². The molecule has 1 aliphatic carbocycles. The van der Waals surface area contributed by atoms with E-state index in [-0.39, 0.29) is 0 Å². The number of nitrogens with one attached hydrogen (secondary N) is 1. The molecule has 1 N–H and O–H groups in total. The molecule has 1 saturated carbocycles. The Hall–Kier alpha value is -0.0400.